The number of hydrogen-bond acceptors (Lipinski definition) is 2. The highest BCUT2D eigenvalue weighted by atomic mass is 32.2. The molecule has 0 aliphatic carbocycles. The summed E-state index contributed by atoms with van der Waals surface area (Å²) in [5.41, 5.74) is 2.74. The number of fused-ring (bicyclic) bond motifs is 1. The van der Waals surface area contributed by atoms with E-state index in [2.05, 4.69) is 83.2 Å². The molecule has 0 fully saturated rings. The number of rotatable bonds is 6. The number of benzene rings is 3. The summed E-state index contributed by atoms with van der Waals surface area (Å²) in [6.45, 7) is 3.11. The summed E-state index contributed by atoms with van der Waals surface area (Å²) in [5.74, 6) is 0. The van der Waals surface area contributed by atoms with Crippen LogP contribution >= 0.6 is 11.8 Å². The van der Waals surface area contributed by atoms with E-state index in [9.17, 15) is 0 Å². The van der Waals surface area contributed by atoms with Crippen LogP contribution in [-0.4, -0.2) is 9.55 Å². The molecule has 1 heterocycles. The molecule has 130 valence electrons. The normalized spacial score (nSPS) is 12.3. The molecule has 4 rings (SSSR count). The van der Waals surface area contributed by atoms with Crippen LogP contribution in [-0.2, 0) is 13.0 Å². The lowest BCUT2D eigenvalue weighted by Crippen LogP contribution is -2.05. The molecule has 4 aromatic rings. The SMILES string of the molecule is CCc1cccc(SC(Cn2ccnc2)c2ccc3ccccc3c2)c1. The smallest absolute Gasteiger partial charge is 0.0946 e. The number of imidazole rings is 1. The van der Waals surface area contributed by atoms with Gasteiger partial charge in [0.15, 0.2) is 0 Å². The van der Waals surface area contributed by atoms with Crippen molar-refractivity contribution in [2.24, 2.45) is 0 Å². The molecule has 0 aliphatic heterocycles. The molecule has 0 radical (unpaired) electrons. The summed E-state index contributed by atoms with van der Waals surface area (Å²) in [7, 11) is 0. The highest BCUT2D eigenvalue weighted by Gasteiger charge is 2.15. The fraction of sp³-hybridized carbons (Fsp3) is 0.174. The summed E-state index contributed by atoms with van der Waals surface area (Å²) in [6, 6.07) is 24.3. The predicted octanol–water partition coefficient (Wildman–Crippen LogP) is 6.13. The van der Waals surface area contributed by atoms with Gasteiger partial charge in [-0.2, -0.15) is 0 Å². The first-order valence-corrected chi connectivity index (χ1v) is 9.90. The fourth-order valence-electron chi connectivity index (χ4n) is 3.21. The second-order valence-corrected chi connectivity index (χ2v) is 7.75. The molecule has 0 saturated carbocycles. The Labute approximate surface area is 158 Å². The Hall–Kier alpha value is -2.52. The second-order valence-electron chi connectivity index (χ2n) is 6.47. The molecule has 3 aromatic carbocycles. The van der Waals surface area contributed by atoms with E-state index in [0.29, 0.717) is 5.25 Å². The van der Waals surface area contributed by atoms with Crippen LogP contribution in [0.15, 0.2) is 90.3 Å². The zero-order chi connectivity index (χ0) is 17.8. The van der Waals surface area contributed by atoms with Crippen molar-refractivity contribution in [1.29, 1.82) is 0 Å². The molecular weight excluding hydrogens is 336 g/mol. The molecule has 0 amide bonds. The van der Waals surface area contributed by atoms with Crippen LogP contribution in [0.3, 0.4) is 0 Å². The quantitative estimate of drug-likeness (QED) is 0.386. The van der Waals surface area contributed by atoms with Gasteiger partial charge in [0.25, 0.3) is 0 Å². The van der Waals surface area contributed by atoms with E-state index >= 15 is 0 Å². The third-order valence-corrected chi connectivity index (χ3v) is 5.90. The number of hydrogen-bond donors (Lipinski definition) is 0. The first kappa shape index (κ1) is 16.9. The monoisotopic (exact) mass is 358 g/mol. The van der Waals surface area contributed by atoms with Gasteiger partial charge in [0, 0.05) is 23.8 Å². The number of nitrogens with zero attached hydrogens (tertiary/aromatic N) is 2. The molecule has 1 atom stereocenters. The first-order valence-electron chi connectivity index (χ1n) is 9.02. The van der Waals surface area contributed by atoms with Crippen molar-refractivity contribution in [3.05, 3.63) is 96.6 Å². The average molecular weight is 359 g/mol. The lowest BCUT2D eigenvalue weighted by Gasteiger charge is -2.19. The Morgan fingerprint density at radius 1 is 0.962 bits per heavy atom. The Bertz CT molecular complexity index is 992. The van der Waals surface area contributed by atoms with Crippen molar-refractivity contribution in [3.63, 3.8) is 0 Å². The Morgan fingerprint density at radius 2 is 1.85 bits per heavy atom. The number of thioether (sulfide) groups is 1. The van der Waals surface area contributed by atoms with Gasteiger partial charge in [0.1, 0.15) is 0 Å². The van der Waals surface area contributed by atoms with Gasteiger partial charge in [-0.15, -0.1) is 11.8 Å². The van der Waals surface area contributed by atoms with Crippen molar-refractivity contribution in [3.8, 4) is 0 Å². The van der Waals surface area contributed by atoms with Crippen LogP contribution in [0, 0.1) is 0 Å². The summed E-state index contributed by atoms with van der Waals surface area (Å²) in [4.78, 5) is 5.53. The standard InChI is InChI=1S/C23H22N2S/c1-2-18-6-5-9-22(14-18)26-23(16-25-13-12-24-17-25)21-11-10-19-7-3-4-8-20(19)15-21/h3-15,17,23H,2,16H2,1H3. The van der Waals surface area contributed by atoms with Crippen molar-refractivity contribution in [2.75, 3.05) is 0 Å². The third kappa shape index (κ3) is 3.83. The van der Waals surface area contributed by atoms with Gasteiger partial charge in [-0.3, -0.25) is 0 Å². The Morgan fingerprint density at radius 3 is 2.65 bits per heavy atom. The second kappa shape index (κ2) is 7.79. The minimum atomic E-state index is 0.334. The topological polar surface area (TPSA) is 17.8 Å². The molecule has 0 saturated heterocycles. The van der Waals surface area contributed by atoms with E-state index in [0.717, 1.165) is 13.0 Å². The molecule has 2 nitrogen and oxygen atoms in total. The van der Waals surface area contributed by atoms with Gasteiger partial charge in [-0.05, 0) is 46.5 Å². The lowest BCUT2D eigenvalue weighted by atomic mass is 10.0. The van der Waals surface area contributed by atoms with Gasteiger partial charge < -0.3 is 4.57 Å². The lowest BCUT2D eigenvalue weighted by molar-refractivity contribution is 0.684. The van der Waals surface area contributed by atoms with E-state index in [-0.39, 0.29) is 0 Å². The van der Waals surface area contributed by atoms with E-state index in [4.69, 9.17) is 0 Å². The zero-order valence-electron chi connectivity index (χ0n) is 14.9. The van der Waals surface area contributed by atoms with Gasteiger partial charge in [0.2, 0.25) is 0 Å². The molecular formula is C23H22N2S. The Kier molecular flexibility index (Phi) is 5.07. The van der Waals surface area contributed by atoms with Crippen LogP contribution in [0.5, 0.6) is 0 Å². The first-order chi connectivity index (χ1) is 12.8. The van der Waals surface area contributed by atoms with Crippen molar-refractivity contribution in [2.45, 2.75) is 30.0 Å². The average Bonchev–Trinajstić information content (AvgIpc) is 3.20. The highest BCUT2D eigenvalue weighted by molar-refractivity contribution is 7.99. The summed E-state index contributed by atoms with van der Waals surface area (Å²) in [6.07, 6.45) is 6.85. The van der Waals surface area contributed by atoms with Crippen molar-refractivity contribution < 1.29 is 0 Å². The Balaban J connectivity index is 1.68. The minimum Gasteiger partial charge on any atom is -0.336 e. The van der Waals surface area contributed by atoms with Crippen LogP contribution in [0.2, 0.25) is 0 Å². The highest BCUT2D eigenvalue weighted by Crippen LogP contribution is 2.38. The molecule has 0 N–H and O–H groups in total. The van der Waals surface area contributed by atoms with E-state index < -0.39 is 0 Å². The maximum absolute atomic E-state index is 4.21. The van der Waals surface area contributed by atoms with E-state index in [1.165, 1.54) is 26.8 Å². The fourth-order valence-corrected chi connectivity index (χ4v) is 4.44. The number of aryl methyl sites for hydroxylation is 1. The molecule has 0 aliphatic rings. The molecule has 3 heteroatoms. The van der Waals surface area contributed by atoms with Gasteiger partial charge in [-0.25, -0.2) is 4.98 Å². The van der Waals surface area contributed by atoms with Crippen LogP contribution < -0.4 is 0 Å². The van der Waals surface area contributed by atoms with Crippen LogP contribution in [0.4, 0.5) is 0 Å². The summed E-state index contributed by atoms with van der Waals surface area (Å²) < 4.78 is 2.16. The molecule has 26 heavy (non-hydrogen) atoms. The van der Waals surface area contributed by atoms with Gasteiger partial charge >= 0.3 is 0 Å². The minimum absolute atomic E-state index is 0.334. The van der Waals surface area contributed by atoms with Gasteiger partial charge in [-0.1, -0.05) is 55.5 Å². The predicted molar refractivity (Wildman–Crippen MR) is 111 cm³/mol. The third-order valence-electron chi connectivity index (χ3n) is 4.67. The zero-order valence-corrected chi connectivity index (χ0v) is 15.7. The molecule has 0 spiro atoms. The molecule has 1 unspecified atom stereocenters. The number of aromatic nitrogens is 2. The van der Waals surface area contributed by atoms with Crippen LogP contribution in [0.25, 0.3) is 10.8 Å². The maximum atomic E-state index is 4.21. The van der Waals surface area contributed by atoms with Gasteiger partial charge in [0.05, 0.1) is 11.6 Å². The maximum Gasteiger partial charge on any atom is 0.0946 e. The van der Waals surface area contributed by atoms with Crippen LogP contribution in [0.1, 0.15) is 23.3 Å². The van der Waals surface area contributed by atoms with Crippen molar-refractivity contribution >= 4 is 22.5 Å². The largest absolute Gasteiger partial charge is 0.336 e. The summed E-state index contributed by atoms with van der Waals surface area (Å²) in [5, 5.41) is 2.92. The van der Waals surface area contributed by atoms with Crippen molar-refractivity contribution in [1.82, 2.24) is 9.55 Å². The molecule has 0 bridgehead atoms. The molecule has 1 aromatic heterocycles. The van der Waals surface area contributed by atoms with E-state index in [1.807, 2.05) is 30.5 Å². The summed E-state index contributed by atoms with van der Waals surface area (Å²) >= 11 is 1.93. The van der Waals surface area contributed by atoms with E-state index in [1.54, 1.807) is 0 Å².